The van der Waals surface area contributed by atoms with Crippen molar-refractivity contribution in [3.63, 3.8) is 0 Å². The Labute approximate surface area is 197 Å². The quantitative estimate of drug-likeness (QED) is 0.709. The molecule has 2 aliphatic rings. The zero-order chi connectivity index (χ0) is 23.4. The predicted molar refractivity (Wildman–Crippen MR) is 128 cm³/mol. The summed E-state index contributed by atoms with van der Waals surface area (Å²) in [7, 11) is 0. The van der Waals surface area contributed by atoms with Gasteiger partial charge in [-0.3, -0.25) is 9.59 Å². The molecule has 2 saturated heterocycles. The molecule has 0 bridgehead atoms. The molecule has 0 radical (unpaired) electrons. The highest BCUT2D eigenvalue weighted by atomic mass is 35.5. The number of carbonyl (C=O) groups is 3. The molecule has 2 heterocycles. The first kappa shape index (κ1) is 23.1. The Morgan fingerprint density at radius 2 is 1.82 bits per heavy atom. The van der Waals surface area contributed by atoms with Gasteiger partial charge >= 0.3 is 6.03 Å². The molecule has 8 nitrogen and oxygen atoms in total. The van der Waals surface area contributed by atoms with Crippen molar-refractivity contribution in [2.75, 3.05) is 48.4 Å². The summed E-state index contributed by atoms with van der Waals surface area (Å²) >= 11 is 5.89. The molecule has 2 aromatic carbocycles. The number of hydrogen-bond donors (Lipinski definition) is 2. The van der Waals surface area contributed by atoms with Gasteiger partial charge in [-0.05, 0) is 67.8 Å². The number of aryl methyl sites for hydroxylation is 1. The highest BCUT2D eigenvalue weighted by molar-refractivity contribution is 6.30. The van der Waals surface area contributed by atoms with Gasteiger partial charge in [-0.2, -0.15) is 0 Å². The molecule has 0 aliphatic carbocycles. The van der Waals surface area contributed by atoms with Crippen molar-refractivity contribution in [1.29, 1.82) is 0 Å². The molecule has 2 N–H and O–H groups in total. The SMILES string of the molecule is Cc1cc(NC(=O)C2CCCN(C(=O)Nc3ccc(Cl)cc3)C2)ccc1N1CCOCC1=O. The molecular weight excluding hydrogens is 444 g/mol. The zero-order valence-corrected chi connectivity index (χ0v) is 19.2. The standard InChI is InChI=1S/C24H27ClN4O4/c1-16-13-20(8-9-21(16)29-11-12-33-15-22(29)30)26-23(31)17-3-2-10-28(14-17)24(32)27-19-6-4-18(25)5-7-19/h4-9,13,17H,2-3,10-12,14-15H2,1H3,(H,26,31)(H,27,32). The second-order valence-electron chi connectivity index (χ2n) is 8.31. The van der Waals surface area contributed by atoms with Gasteiger partial charge in [0.1, 0.15) is 6.61 Å². The van der Waals surface area contributed by atoms with E-state index < -0.39 is 0 Å². The number of ether oxygens (including phenoxy) is 1. The molecule has 9 heteroatoms. The lowest BCUT2D eigenvalue weighted by molar-refractivity contribution is -0.125. The maximum absolute atomic E-state index is 12.9. The molecule has 0 aromatic heterocycles. The van der Waals surface area contributed by atoms with Gasteiger partial charge in [-0.1, -0.05) is 11.6 Å². The molecule has 2 aromatic rings. The van der Waals surface area contributed by atoms with Crippen molar-refractivity contribution >= 4 is 46.5 Å². The van der Waals surface area contributed by atoms with Crippen molar-refractivity contribution in [3.05, 3.63) is 53.1 Å². The minimum absolute atomic E-state index is 0.0692. The molecule has 2 fully saturated rings. The van der Waals surface area contributed by atoms with Gasteiger partial charge in [0.25, 0.3) is 5.91 Å². The van der Waals surface area contributed by atoms with Gasteiger partial charge in [-0.15, -0.1) is 0 Å². The summed E-state index contributed by atoms with van der Waals surface area (Å²) in [5.74, 6) is -0.482. The summed E-state index contributed by atoms with van der Waals surface area (Å²) in [6.45, 7) is 3.98. The lowest BCUT2D eigenvalue weighted by atomic mass is 9.97. The molecule has 0 spiro atoms. The van der Waals surface area contributed by atoms with Crippen molar-refractivity contribution in [2.24, 2.45) is 5.92 Å². The van der Waals surface area contributed by atoms with Crippen LogP contribution in [0.4, 0.5) is 21.9 Å². The Kier molecular flexibility index (Phi) is 7.15. The van der Waals surface area contributed by atoms with Crippen LogP contribution in [0.15, 0.2) is 42.5 Å². The van der Waals surface area contributed by atoms with E-state index in [2.05, 4.69) is 10.6 Å². The number of carbonyl (C=O) groups excluding carboxylic acids is 3. The van der Waals surface area contributed by atoms with Crippen LogP contribution in [0.5, 0.6) is 0 Å². The summed E-state index contributed by atoms with van der Waals surface area (Å²) in [6.07, 6.45) is 1.47. The first-order valence-corrected chi connectivity index (χ1v) is 11.4. The fourth-order valence-corrected chi connectivity index (χ4v) is 4.29. The number of nitrogens with one attached hydrogen (secondary N) is 2. The molecule has 4 rings (SSSR count). The van der Waals surface area contributed by atoms with Crippen molar-refractivity contribution in [1.82, 2.24) is 4.90 Å². The summed E-state index contributed by atoms with van der Waals surface area (Å²) in [5.41, 5.74) is 3.05. The van der Waals surface area contributed by atoms with Gasteiger partial charge in [0.2, 0.25) is 5.91 Å². The number of piperidine rings is 1. The van der Waals surface area contributed by atoms with E-state index in [1.54, 1.807) is 40.1 Å². The highest BCUT2D eigenvalue weighted by Gasteiger charge is 2.29. The van der Waals surface area contributed by atoms with E-state index in [0.29, 0.717) is 42.6 Å². The number of benzene rings is 2. The first-order valence-electron chi connectivity index (χ1n) is 11.0. The normalized spacial score (nSPS) is 18.7. The molecular formula is C24H27ClN4O4. The average Bonchev–Trinajstić information content (AvgIpc) is 2.81. The third kappa shape index (κ3) is 5.64. The maximum atomic E-state index is 12.9. The summed E-state index contributed by atoms with van der Waals surface area (Å²) in [6, 6.07) is 12.2. The van der Waals surface area contributed by atoms with E-state index in [0.717, 1.165) is 24.1 Å². The molecule has 0 saturated carbocycles. The lowest BCUT2D eigenvalue weighted by Crippen LogP contribution is -2.45. The van der Waals surface area contributed by atoms with Gasteiger partial charge in [0.05, 0.1) is 12.5 Å². The molecule has 1 unspecified atom stereocenters. The van der Waals surface area contributed by atoms with Crippen LogP contribution in [-0.4, -0.2) is 55.6 Å². The smallest absolute Gasteiger partial charge is 0.321 e. The Balaban J connectivity index is 1.36. The number of nitrogens with zero attached hydrogens (tertiary/aromatic N) is 2. The van der Waals surface area contributed by atoms with Crippen molar-refractivity contribution in [2.45, 2.75) is 19.8 Å². The number of urea groups is 1. The van der Waals surface area contributed by atoms with Gasteiger partial charge < -0.3 is 25.2 Å². The number of amides is 4. The van der Waals surface area contributed by atoms with Gasteiger partial charge in [0, 0.05) is 41.7 Å². The van der Waals surface area contributed by atoms with Crippen molar-refractivity contribution in [3.8, 4) is 0 Å². The Bertz CT molecular complexity index is 1040. The molecule has 2 aliphatic heterocycles. The fraction of sp³-hybridized carbons (Fsp3) is 0.375. The second kappa shape index (κ2) is 10.2. The van der Waals surface area contributed by atoms with Crippen molar-refractivity contribution < 1.29 is 19.1 Å². The number of morpholine rings is 1. The van der Waals surface area contributed by atoms with Crippen LogP contribution in [0.25, 0.3) is 0 Å². The van der Waals surface area contributed by atoms with E-state index in [9.17, 15) is 14.4 Å². The molecule has 4 amide bonds. The van der Waals surface area contributed by atoms with E-state index in [1.807, 2.05) is 19.1 Å². The van der Waals surface area contributed by atoms with Gasteiger partial charge in [-0.25, -0.2) is 4.79 Å². The second-order valence-corrected chi connectivity index (χ2v) is 8.75. The predicted octanol–water partition coefficient (Wildman–Crippen LogP) is 3.89. The topological polar surface area (TPSA) is 91.0 Å². The van der Waals surface area contributed by atoms with Gasteiger partial charge in [0.15, 0.2) is 0 Å². The van der Waals surface area contributed by atoms with E-state index in [-0.39, 0.29) is 30.4 Å². The molecule has 1 atom stereocenters. The van der Waals surface area contributed by atoms with E-state index in [4.69, 9.17) is 16.3 Å². The number of likely N-dealkylation sites (tertiary alicyclic amines) is 1. The third-order valence-corrected chi connectivity index (χ3v) is 6.17. The van der Waals surface area contributed by atoms with Crippen LogP contribution in [0.2, 0.25) is 5.02 Å². The molecule has 174 valence electrons. The van der Waals surface area contributed by atoms with Crippen LogP contribution in [-0.2, 0) is 14.3 Å². The van der Waals surface area contributed by atoms with Crippen LogP contribution in [0, 0.1) is 12.8 Å². The summed E-state index contributed by atoms with van der Waals surface area (Å²) < 4.78 is 5.19. The Morgan fingerprint density at radius 1 is 1.06 bits per heavy atom. The summed E-state index contributed by atoms with van der Waals surface area (Å²) in [4.78, 5) is 41.1. The minimum Gasteiger partial charge on any atom is -0.370 e. The third-order valence-electron chi connectivity index (χ3n) is 5.92. The Morgan fingerprint density at radius 3 is 2.55 bits per heavy atom. The fourth-order valence-electron chi connectivity index (χ4n) is 4.16. The highest BCUT2D eigenvalue weighted by Crippen LogP contribution is 2.26. The average molecular weight is 471 g/mol. The van der Waals surface area contributed by atoms with Crippen LogP contribution in [0.1, 0.15) is 18.4 Å². The van der Waals surface area contributed by atoms with E-state index >= 15 is 0 Å². The van der Waals surface area contributed by atoms with E-state index in [1.165, 1.54) is 0 Å². The van der Waals surface area contributed by atoms with Crippen LogP contribution < -0.4 is 15.5 Å². The number of rotatable bonds is 4. The number of halogens is 1. The van der Waals surface area contributed by atoms with Crippen LogP contribution >= 0.6 is 11.6 Å². The number of anilines is 3. The monoisotopic (exact) mass is 470 g/mol. The number of hydrogen-bond acceptors (Lipinski definition) is 4. The Hall–Kier alpha value is -3.10. The first-order chi connectivity index (χ1) is 15.9. The van der Waals surface area contributed by atoms with Crippen LogP contribution in [0.3, 0.4) is 0 Å². The maximum Gasteiger partial charge on any atom is 0.321 e. The minimum atomic E-state index is -0.296. The largest absolute Gasteiger partial charge is 0.370 e. The zero-order valence-electron chi connectivity index (χ0n) is 18.5. The lowest BCUT2D eigenvalue weighted by Gasteiger charge is -2.32. The molecule has 33 heavy (non-hydrogen) atoms. The summed E-state index contributed by atoms with van der Waals surface area (Å²) in [5, 5.41) is 6.42.